The van der Waals surface area contributed by atoms with Crippen LogP contribution < -0.4 is 10.6 Å². The van der Waals surface area contributed by atoms with Gasteiger partial charge in [0.15, 0.2) is 0 Å². The first-order chi connectivity index (χ1) is 13.1. The highest BCUT2D eigenvalue weighted by Crippen LogP contribution is 2.22. The van der Waals surface area contributed by atoms with Crippen LogP contribution in [0.5, 0.6) is 0 Å². The average molecular weight is 382 g/mol. The van der Waals surface area contributed by atoms with E-state index in [1.165, 1.54) is 19.1 Å². The van der Waals surface area contributed by atoms with Gasteiger partial charge in [-0.25, -0.2) is 4.79 Å². The molecule has 0 aliphatic carbocycles. The molecule has 0 aliphatic heterocycles. The van der Waals surface area contributed by atoms with Crippen LogP contribution in [0.1, 0.15) is 49.2 Å². The Bertz CT molecular complexity index is 850. The number of nitrogens with one attached hydrogen (secondary N) is 2. The van der Waals surface area contributed by atoms with Gasteiger partial charge in [-0.15, -0.1) is 0 Å². The van der Waals surface area contributed by atoms with E-state index >= 15 is 0 Å². The molecule has 6 heteroatoms. The van der Waals surface area contributed by atoms with Crippen molar-refractivity contribution >= 4 is 23.5 Å². The van der Waals surface area contributed by atoms with Crippen LogP contribution in [0.3, 0.4) is 0 Å². The van der Waals surface area contributed by atoms with Gasteiger partial charge in [0.1, 0.15) is 6.04 Å². The van der Waals surface area contributed by atoms with Crippen LogP contribution in [-0.2, 0) is 21.4 Å². The highest BCUT2D eigenvalue weighted by Gasteiger charge is 2.22. The molecule has 0 heterocycles. The number of carbonyl (C=O) groups excluding carboxylic acids is 2. The zero-order valence-corrected chi connectivity index (χ0v) is 16.6. The van der Waals surface area contributed by atoms with Crippen molar-refractivity contribution in [2.45, 2.75) is 45.6 Å². The third-order valence-corrected chi connectivity index (χ3v) is 4.33. The predicted molar refractivity (Wildman–Crippen MR) is 108 cm³/mol. The van der Waals surface area contributed by atoms with Crippen molar-refractivity contribution in [1.29, 1.82) is 0 Å². The van der Waals surface area contributed by atoms with Crippen LogP contribution in [0.15, 0.2) is 48.5 Å². The number of anilines is 1. The van der Waals surface area contributed by atoms with Crippen LogP contribution in [0.2, 0.25) is 0 Å². The van der Waals surface area contributed by atoms with Gasteiger partial charge in [-0.2, -0.15) is 0 Å². The van der Waals surface area contributed by atoms with Crippen molar-refractivity contribution in [3.8, 4) is 0 Å². The fraction of sp³-hybridized carbons (Fsp3) is 0.318. The predicted octanol–water partition coefficient (Wildman–Crippen LogP) is 3.37. The van der Waals surface area contributed by atoms with Crippen molar-refractivity contribution in [3.05, 3.63) is 65.2 Å². The second-order valence-electron chi connectivity index (χ2n) is 7.77. The van der Waals surface area contributed by atoms with Crippen molar-refractivity contribution in [2.24, 2.45) is 0 Å². The topological polar surface area (TPSA) is 95.5 Å². The van der Waals surface area contributed by atoms with E-state index < -0.39 is 17.9 Å². The smallest absolute Gasteiger partial charge is 0.326 e. The minimum Gasteiger partial charge on any atom is -0.480 e. The summed E-state index contributed by atoms with van der Waals surface area (Å²) in [6.07, 6.45) is 0.190. The minimum absolute atomic E-state index is 0.0162. The molecule has 2 aromatic rings. The number of amides is 2. The van der Waals surface area contributed by atoms with E-state index in [1.807, 2.05) is 24.3 Å². The minimum atomic E-state index is -1.09. The van der Waals surface area contributed by atoms with Gasteiger partial charge < -0.3 is 15.7 Å². The normalized spacial score (nSPS) is 12.1. The van der Waals surface area contributed by atoms with E-state index in [0.29, 0.717) is 11.3 Å². The second kappa shape index (κ2) is 8.69. The highest BCUT2D eigenvalue weighted by molar-refractivity contribution is 5.97. The Kier molecular flexibility index (Phi) is 6.57. The Labute approximate surface area is 165 Å². The van der Waals surface area contributed by atoms with Gasteiger partial charge in [0.2, 0.25) is 5.91 Å². The summed E-state index contributed by atoms with van der Waals surface area (Å²) in [6, 6.07) is 13.0. The van der Waals surface area contributed by atoms with Crippen molar-refractivity contribution in [3.63, 3.8) is 0 Å². The summed E-state index contributed by atoms with van der Waals surface area (Å²) in [6.45, 7) is 7.73. The number of carbonyl (C=O) groups is 3. The van der Waals surface area contributed by atoms with Crippen LogP contribution in [0.4, 0.5) is 5.69 Å². The lowest BCUT2D eigenvalue weighted by Crippen LogP contribution is -2.42. The number of carboxylic acids is 1. The van der Waals surface area contributed by atoms with Crippen molar-refractivity contribution in [1.82, 2.24) is 5.32 Å². The van der Waals surface area contributed by atoms with Crippen molar-refractivity contribution < 1.29 is 19.5 Å². The summed E-state index contributed by atoms with van der Waals surface area (Å²) in [4.78, 5) is 35.1. The molecule has 0 unspecified atom stereocenters. The Balaban J connectivity index is 2.07. The Morgan fingerprint density at radius 1 is 0.964 bits per heavy atom. The van der Waals surface area contributed by atoms with Gasteiger partial charge in [0.25, 0.3) is 5.91 Å². The Morgan fingerprint density at radius 3 is 2.00 bits per heavy atom. The summed E-state index contributed by atoms with van der Waals surface area (Å²) in [5, 5.41) is 14.7. The summed E-state index contributed by atoms with van der Waals surface area (Å²) in [5.41, 5.74) is 2.90. The maximum absolute atomic E-state index is 12.4. The molecule has 0 bridgehead atoms. The zero-order chi connectivity index (χ0) is 20.9. The van der Waals surface area contributed by atoms with E-state index in [-0.39, 0.29) is 17.7 Å². The molecule has 0 radical (unpaired) electrons. The van der Waals surface area contributed by atoms with Gasteiger partial charge in [-0.1, -0.05) is 45.0 Å². The first-order valence-corrected chi connectivity index (χ1v) is 9.07. The lowest BCUT2D eigenvalue weighted by Gasteiger charge is -2.20. The molecule has 2 amide bonds. The van der Waals surface area contributed by atoms with Gasteiger partial charge in [0.05, 0.1) is 0 Å². The van der Waals surface area contributed by atoms with Gasteiger partial charge in [-0.3, -0.25) is 9.59 Å². The maximum Gasteiger partial charge on any atom is 0.326 e. The van der Waals surface area contributed by atoms with Gasteiger partial charge in [0, 0.05) is 24.6 Å². The lowest BCUT2D eigenvalue weighted by molar-refractivity contribution is -0.139. The molecule has 2 aromatic carbocycles. The second-order valence-corrected chi connectivity index (χ2v) is 7.77. The zero-order valence-electron chi connectivity index (χ0n) is 16.6. The largest absolute Gasteiger partial charge is 0.480 e. The number of rotatable bonds is 6. The summed E-state index contributed by atoms with van der Waals surface area (Å²) in [5.74, 6) is -1.78. The van der Waals surface area contributed by atoms with Crippen LogP contribution in [0.25, 0.3) is 0 Å². The monoisotopic (exact) mass is 382 g/mol. The molecule has 148 valence electrons. The molecule has 1 atom stereocenters. The number of hydrogen-bond donors (Lipinski definition) is 3. The molecule has 0 saturated carbocycles. The summed E-state index contributed by atoms with van der Waals surface area (Å²) < 4.78 is 0. The van der Waals surface area contributed by atoms with E-state index in [4.69, 9.17) is 0 Å². The standard InChI is InChI=1S/C22H26N2O4/c1-14(25)23-18-11-7-16(8-12-18)20(26)24-19(21(27)28)13-15-5-9-17(10-6-15)22(2,3)4/h5-12,19H,13H2,1-4H3,(H,23,25)(H,24,26)(H,27,28)/t19-/m1/s1. The van der Waals surface area contributed by atoms with Crippen molar-refractivity contribution in [2.75, 3.05) is 5.32 Å². The molecule has 0 aliphatic rings. The summed E-state index contributed by atoms with van der Waals surface area (Å²) >= 11 is 0. The van der Waals surface area contributed by atoms with E-state index in [1.54, 1.807) is 12.1 Å². The fourth-order valence-corrected chi connectivity index (χ4v) is 2.73. The molecule has 28 heavy (non-hydrogen) atoms. The van der Waals surface area contributed by atoms with Crippen LogP contribution >= 0.6 is 0 Å². The quantitative estimate of drug-likeness (QED) is 0.714. The van der Waals surface area contributed by atoms with E-state index in [9.17, 15) is 19.5 Å². The highest BCUT2D eigenvalue weighted by atomic mass is 16.4. The number of benzene rings is 2. The Morgan fingerprint density at radius 2 is 1.54 bits per heavy atom. The number of aliphatic carboxylic acids is 1. The first kappa shape index (κ1) is 21.2. The fourth-order valence-electron chi connectivity index (χ4n) is 2.73. The Hall–Kier alpha value is -3.15. The number of hydrogen-bond acceptors (Lipinski definition) is 3. The third kappa shape index (κ3) is 5.94. The molecule has 3 N–H and O–H groups in total. The maximum atomic E-state index is 12.4. The molecule has 0 saturated heterocycles. The molecular weight excluding hydrogens is 356 g/mol. The van der Waals surface area contributed by atoms with Gasteiger partial charge in [-0.05, 0) is 40.8 Å². The van der Waals surface area contributed by atoms with Crippen LogP contribution in [0, 0.1) is 0 Å². The average Bonchev–Trinajstić information content (AvgIpc) is 2.60. The van der Waals surface area contributed by atoms with E-state index in [2.05, 4.69) is 31.4 Å². The molecular formula is C22H26N2O4. The summed E-state index contributed by atoms with van der Waals surface area (Å²) in [7, 11) is 0. The molecule has 0 aromatic heterocycles. The molecule has 6 nitrogen and oxygen atoms in total. The van der Waals surface area contributed by atoms with Crippen LogP contribution in [-0.4, -0.2) is 28.9 Å². The lowest BCUT2D eigenvalue weighted by atomic mass is 9.86. The molecule has 0 fully saturated rings. The molecule has 0 spiro atoms. The first-order valence-electron chi connectivity index (χ1n) is 9.07. The number of carboxylic acid groups (broad SMARTS) is 1. The van der Waals surface area contributed by atoms with Gasteiger partial charge >= 0.3 is 5.97 Å². The SMILES string of the molecule is CC(=O)Nc1ccc(C(=O)N[C@H](Cc2ccc(C(C)(C)C)cc2)C(=O)O)cc1. The molecule has 2 rings (SSSR count). The third-order valence-electron chi connectivity index (χ3n) is 4.33. The van der Waals surface area contributed by atoms with E-state index in [0.717, 1.165) is 11.1 Å².